The van der Waals surface area contributed by atoms with Gasteiger partial charge in [0.15, 0.2) is 17.5 Å². The summed E-state index contributed by atoms with van der Waals surface area (Å²) in [6.45, 7) is 5.47. The Balaban J connectivity index is 1.53. The van der Waals surface area contributed by atoms with E-state index in [1.807, 2.05) is 31.2 Å². The quantitative estimate of drug-likeness (QED) is 0.398. The highest BCUT2D eigenvalue weighted by molar-refractivity contribution is 5.79. The van der Waals surface area contributed by atoms with Crippen LogP contribution in [0.3, 0.4) is 0 Å². The fraction of sp³-hybridized carbons (Fsp3) is 0.458. The lowest BCUT2D eigenvalue weighted by Crippen LogP contribution is -2.39. The third-order valence-electron chi connectivity index (χ3n) is 5.42. The summed E-state index contributed by atoms with van der Waals surface area (Å²) in [6.07, 6.45) is 2.25. The summed E-state index contributed by atoms with van der Waals surface area (Å²) < 4.78 is 25.6. The minimum absolute atomic E-state index is 0.0885. The first-order valence-electron chi connectivity index (χ1n) is 10.9. The molecule has 0 bridgehead atoms. The molecule has 2 aromatic rings. The number of ether oxygens (including phenoxy) is 2. The van der Waals surface area contributed by atoms with E-state index in [0.29, 0.717) is 38.3 Å². The van der Waals surface area contributed by atoms with Crippen LogP contribution in [0.5, 0.6) is 11.5 Å². The zero-order valence-electron chi connectivity index (χ0n) is 18.1. The van der Waals surface area contributed by atoms with Crippen LogP contribution >= 0.6 is 0 Å². The van der Waals surface area contributed by atoms with E-state index in [4.69, 9.17) is 14.5 Å². The predicted octanol–water partition coefficient (Wildman–Crippen LogP) is 3.50. The number of aliphatic hydroxyl groups is 1. The van der Waals surface area contributed by atoms with Crippen LogP contribution in [0.2, 0.25) is 0 Å². The monoisotopic (exact) mass is 429 g/mol. The predicted molar refractivity (Wildman–Crippen MR) is 120 cm³/mol. The van der Waals surface area contributed by atoms with Gasteiger partial charge in [-0.2, -0.15) is 0 Å². The van der Waals surface area contributed by atoms with Crippen LogP contribution in [0.15, 0.2) is 53.5 Å². The number of hydrogen-bond acceptors (Lipinski definition) is 4. The molecule has 6 nitrogen and oxygen atoms in total. The smallest absolute Gasteiger partial charge is 0.191 e. The van der Waals surface area contributed by atoms with Gasteiger partial charge in [0.1, 0.15) is 5.75 Å². The highest BCUT2D eigenvalue weighted by atomic mass is 19.1. The molecule has 7 heteroatoms. The summed E-state index contributed by atoms with van der Waals surface area (Å²) in [5, 5.41) is 15.9. The van der Waals surface area contributed by atoms with Gasteiger partial charge in [-0.15, -0.1) is 0 Å². The maximum atomic E-state index is 14.4. The Kier molecular flexibility index (Phi) is 8.67. The van der Waals surface area contributed by atoms with Crippen molar-refractivity contribution in [1.29, 1.82) is 0 Å². The van der Waals surface area contributed by atoms with Crippen molar-refractivity contribution >= 4 is 5.96 Å². The van der Waals surface area contributed by atoms with E-state index >= 15 is 0 Å². The first-order valence-corrected chi connectivity index (χ1v) is 10.9. The molecule has 1 heterocycles. The molecule has 1 unspecified atom stereocenters. The Morgan fingerprint density at radius 1 is 1.23 bits per heavy atom. The minimum Gasteiger partial charge on any atom is -0.454 e. The van der Waals surface area contributed by atoms with Crippen LogP contribution in [-0.4, -0.2) is 50.5 Å². The molecule has 0 saturated carbocycles. The summed E-state index contributed by atoms with van der Waals surface area (Å²) in [6, 6.07) is 14.2. The van der Waals surface area contributed by atoms with Crippen LogP contribution in [0, 0.1) is 11.2 Å². The second-order valence-electron chi connectivity index (χ2n) is 7.83. The molecule has 1 aliphatic rings. The van der Waals surface area contributed by atoms with Crippen molar-refractivity contribution in [2.45, 2.75) is 26.2 Å². The van der Waals surface area contributed by atoms with E-state index in [-0.39, 0.29) is 23.6 Å². The topological polar surface area (TPSA) is 75.1 Å². The summed E-state index contributed by atoms with van der Waals surface area (Å²) in [7, 11) is 0. The molecule has 1 atom stereocenters. The Labute approximate surface area is 183 Å². The minimum atomic E-state index is -0.380. The van der Waals surface area contributed by atoms with Crippen molar-refractivity contribution in [3.63, 3.8) is 0 Å². The second-order valence-corrected chi connectivity index (χ2v) is 7.83. The first kappa shape index (κ1) is 23.0. The molecule has 3 N–H and O–H groups in total. The lowest BCUT2D eigenvalue weighted by molar-refractivity contribution is 0.131. The molecule has 1 aliphatic heterocycles. The second kappa shape index (κ2) is 11.7. The third-order valence-corrected chi connectivity index (χ3v) is 5.42. The van der Waals surface area contributed by atoms with Crippen molar-refractivity contribution in [3.05, 3.63) is 59.9 Å². The number of nitrogens with one attached hydrogen (secondary N) is 2. The molecule has 0 aliphatic carbocycles. The molecule has 0 amide bonds. The van der Waals surface area contributed by atoms with E-state index in [9.17, 15) is 9.50 Å². The Hall–Kier alpha value is -2.64. The Morgan fingerprint density at radius 3 is 2.74 bits per heavy atom. The molecule has 168 valence electrons. The van der Waals surface area contributed by atoms with Gasteiger partial charge in [0, 0.05) is 31.7 Å². The van der Waals surface area contributed by atoms with E-state index in [2.05, 4.69) is 10.6 Å². The van der Waals surface area contributed by atoms with Crippen molar-refractivity contribution in [3.8, 4) is 11.5 Å². The normalized spacial score (nSPS) is 18.7. The van der Waals surface area contributed by atoms with Crippen LogP contribution in [0.25, 0.3) is 0 Å². The molecule has 1 saturated heterocycles. The van der Waals surface area contributed by atoms with E-state index in [1.54, 1.807) is 18.2 Å². The van der Waals surface area contributed by atoms with Gasteiger partial charge in [0.05, 0.1) is 13.2 Å². The zero-order valence-corrected chi connectivity index (χ0v) is 18.1. The van der Waals surface area contributed by atoms with Crippen LogP contribution in [-0.2, 0) is 11.2 Å². The van der Waals surface area contributed by atoms with Gasteiger partial charge in [-0.25, -0.2) is 4.39 Å². The molecule has 0 spiro atoms. The van der Waals surface area contributed by atoms with Crippen molar-refractivity contribution in [1.82, 2.24) is 10.6 Å². The van der Waals surface area contributed by atoms with Gasteiger partial charge in [-0.05, 0) is 56.0 Å². The van der Waals surface area contributed by atoms with Crippen LogP contribution in [0.1, 0.15) is 25.3 Å². The highest BCUT2D eigenvalue weighted by Gasteiger charge is 2.34. The van der Waals surface area contributed by atoms with E-state index in [1.165, 1.54) is 6.07 Å². The SMILES string of the molecule is CCNC(=NCC1(CCO)CCOC1)NCCc1ccc(Oc2ccccc2)c(F)c1. The van der Waals surface area contributed by atoms with Crippen molar-refractivity contribution < 1.29 is 19.0 Å². The molecule has 31 heavy (non-hydrogen) atoms. The number of aliphatic imine (C=N–C) groups is 1. The summed E-state index contributed by atoms with van der Waals surface area (Å²) >= 11 is 0. The van der Waals surface area contributed by atoms with Crippen LogP contribution < -0.4 is 15.4 Å². The third kappa shape index (κ3) is 6.94. The number of nitrogens with zero attached hydrogens (tertiary/aromatic N) is 1. The van der Waals surface area contributed by atoms with Gasteiger partial charge < -0.3 is 25.2 Å². The standard InChI is InChI=1S/C24H32FN3O3/c1-2-26-23(28-17-24(11-14-29)12-15-30-18-24)27-13-10-19-8-9-22(21(25)16-19)31-20-6-4-3-5-7-20/h3-9,16,29H,2,10-15,17-18H2,1H3,(H2,26,27,28). The van der Waals surface area contributed by atoms with Crippen molar-refractivity contribution in [2.24, 2.45) is 10.4 Å². The van der Waals surface area contributed by atoms with Gasteiger partial charge in [-0.1, -0.05) is 24.3 Å². The first-order chi connectivity index (χ1) is 15.1. The number of hydrogen-bond donors (Lipinski definition) is 3. The number of guanidine groups is 1. The Bertz CT molecular complexity index is 839. The maximum absolute atomic E-state index is 14.4. The highest BCUT2D eigenvalue weighted by Crippen LogP contribution is 2.32. The number of rotatable bonds is 10. The molecule has 3 rings (SSSR count). The van der Waals surface area contributed by atoms with Crippen LogP contribution in [0.4, 0.5) is 4.39 Å². The molecular weight excluding hydrogens is 397 g/mol. The average molecular weight is 430 g/mol. The maximum Gasteiger partial charge on any atom is 0.191 e. The summed E-state index contributed by atoms with van der Waals surface area (Å²) in [5.74, 6) is 1.16. The van der Waals surface area contributed by atoms with E-state index < -0.39 is 0 Å². The molecule has 1 fully saturated rings. The Morgan fingerprint density at radius 2 is 2.06 bits per heavy atom. The number of para-hydroxylation sites is 1. The van der Waals surface area contributed by atoms with E-state index in [0.717, 1.165) is 31.1 Å². The number of aliphatic hydroxyl groups excluding tert-OH is 1. The lowest BCUT2D eigenvalue weighted by Gasteiger charge is -2.24. The fourth-order valence-electron chi connectivity index (χ4n) is 3.60. The summed E-state index contributed by atoms with van der Waals surface area (Å²) in [4.78, 5) is 4.71. The molecule has 0 radical (unpaired) electrons. The molecular formula is C24H32FN3O3. The zero-order chi connectivity index (χ0) is 21.9. The van der Waals surface area contributed by atoms with Gasteiger partial charge in [0.2, 0.25) is 0 Å². The fourth-order valence-corrected chi connectivity index (χ4v) is 3.60. The number of benzene rings is 2. The van der Waals surface area contributed by atoms with Crippen molar-refractivity contribution in [2.75, 3.05) is 39.5 Å². The lowest BCUT2D eigenvalue weighted by atomic mass is 9.84. The van der Waals surface area contributed by atoms with Gasteiger partial charge in [-0.3, -0.25) is 4.99 Å². The largest absolute Gasteiger partial charge is 0.454 e. The average Bonchev–Trinajstić information content (AvgIpc) is 3.24. The molecule has 2 aromatic carbocycles. The summed E-state index contributed by atoms with van der Waals surface area (Å²) in [5.41, 5.74) is 0.789. The van der Waals surface area contributed by atoms with Gasteiger partial charge >= 0.3 is 0 Å². The molecule has 0 aromatic heterocycles. The van der Waals surface area contributed by atoms with Gasteiger partial charge in [0.25, 0.3) is 0 Å². The number of halogens is 1.